The number of rotatable bonds is 3. The van der Waals surface area contributed by atoms with Gasteiger partial charge in [0.25, 0.3) is 0 Å². The molecule has 1 N–H and O–H groups in total. The summed E-state index contributed by atoms with van der Waals surface area (Å²) in [6.07, 6.45) is 0.674. The molecule has 0 saturated heterocycles. The third-order valence-electron chi connectivity index (χ3n) is 1.85. The number of aliphatic hydroxyl groups is 1. The molecule has 0 radical (unpaired) electrons. The fraction of sp³-hybridized carbons (Fsp3) is 0.182. The van der Waals surface area contributed by atoms with Gasteiger partial charge in [0.05, 0.1) is 17.9 Å². The maximum atomic E-state index is 11.5. The molecule has 0 amide bonds. The van der Waals surface area contributed by atoms with Crippen LogP contribution in [0.5, 0.6) is 0 Å². The Labute approximate surface area is 103 Å². The van der Waals surface area contributed by atoms with Crippen LogP contribution in [-0.4, -0.2) is 17.7 Å². The number of hydrogen-bond acceptors (Lipinski definition) is 3. The number of halogens is 2. The average molecular weight is 261 g/mol. The van der Waals surface area contributed by atoms with Gasteiger partial charge in [0.1, 0.15) is 5.57 Å². The van der Waals surface area contributed by atoms with E-state index in [1.165, 1.54) is 6.07 Å². The van der Waals surface area contributed by atoms with Crippen LogP contribution in [0.3, 0.4) is 0 Å². The molecule has 1 aromatic carbocycles. The summed E-state index contributed by atoms with van der Waals surface area (Å²) in [5.74, 6) is -0.630. The van der Waals surface area contributed by atoms with E-state index in [4.69, 9.17) is 33.0 Å². The minimum absolute atomic E-state index is 0.00326. The highest BCUT2D eigenvalue weighted by atomic mass is 35.5. The predicted molar refractivity (Wildman–Crippen MR) is 63.7 cm³/mol. The number of ether oxygens (including phenoxy) is 1. The van der Waals surface area contributed by atoms with Crippen molar-refractivity contribution in [1.29, 1.82) is 0 Å². The molecule has 5 heteroatoms. The third kappa shape index (κ3) is 2.90. The van der Waals surface area contributed by atoms with E-state index in [1.54, 1.807) is 19.1 Å². The standard InChI is InChI=1S/C11H10Cl2O3/c1-2-16-11(15)9(6-14)8-4-3-7(12)5-10(8)13/h3-6,14H,2H2,1H3/b9-6+. The zero-order chi connectivity index (χ0) is 12.1. The maximum Gasteiger partial charge on any atom is 0.341 e. The van der Waals surface area contributed by atoms with E-state index in [0.717, 1.165) is 0 Å². The van der Waals surface area contributed by atoms with Crippen molar-refractivity contribution < 1.29 is 14.6 Å². The van der Waals surface area contributed by atoms with Gasteiger partial charge in [0.15, 0.2) is 0 Å². The number of carbonyl (C=O) groups is 1. The largest absolute Gasteiger partial charge is 0.515 e. The fourth-order valence-electron chi connectivity index (χ4n) is 1.15. The molecular formula is C11H10Cl2O3. The van der Waals surface area contributed by atoms with E-state index in [9.17, 15) is 4.79 Å². The second kappa shape index (κ2) is 5.77. The van der Waals surface area contributed by atoms with Gasteiger partial charge in [0, 0.05) is 10.6 Å². The summed E-state index contributed by atoms with van der Waals surface area (Å²) in [5, 5.41) is 9.75. The van der Waals surface area contributed by atoms with Gasteiger partial charge in [-0.1, -0.05) is 29.3 Å². The summed E-state index contributed by atoms with van der Waals surface area (Å²) in [6.45, 7) is 1.90. The summed E-state index contributed by atoms with van der Waals surface area (Å²) in [5.41, 5.74) is 0.385. The second-order valence-corrected chi connectivity index (χ2v) is 3.73. The molecule has 0 aromatic heterocycles. The SMILES string of the molecule is CCOC(=O)/C(=C/O)c1ccc(Cl)cc1Cl. The van der Waals surface area contributed by atoms with Crippen molar-refractivity contribution in [2.24, 2.45) is 0 Å². The smallest absolute Gasteiger partial charge is 0.341 e. The monoisotopic (exact) mass is 260 g/mol. The molecule has 1 rings (SSSR count). The van der Waals surface area contributed by atoms with Crippen LogP contribution in [-0.2, 0) is 9.53 Å². The molecule has 0 saturated carbocycles. The van der Waals surface area contributed by atoms with Gasteiger partial charge in [-0.25, -0.2) is 4.79 Å². The molecule has 0 bridgehead atoms. The minimum Gasteiger partial charge on any atom is -0.515 e. The summed E-state index contributed by atoms with van der Waals surface area (Å²) < 4.78 is 4.78. The van der Waals surface area contributed by atoms with E-state index in [2.05, 4.69) is 0 Å². The first-order chi connectivity index (χ1) is 7.60. The first-order valence-corrected chi connectivity index (χ1v) is 5.32. The highest BCUT2D eigenvalue weighted by molar-refractivity contribution is 6.37. The first kappa shape index (κ1) is 12.9. The zero-order valence-corrected chi connectivity index (χ0v) is 10.0. The Hall–Kier alpha value is -1.19. The number of hydrogen-bond donors (Lipinski definition) is 1. The summed E-state index contributed by atoms with van der Waals surface area (Å²) in [6, 6.07) is 4.61. The van der Waals surface area contributed by atoms with Gasteiger partial charge in [-0.15, -0.1) is 0 Å². The van der Waals surface area contributed by atoms with Gasteiger partial charge in [-0.3, -0.25) is 0 Å². The van der Waals surface area contributed by atoms with Crippen molar-refractivity contribution in [1.82, 2.24) is 0 Å². The van der Waals surface area contributed by atoms with Crippen molar-refractivity contribution in [2.75, 3.05) is 6.61 Å². The quantitative estimate of drug-likeness (QED) is 0.515. The summed E-state index contributed by atoms with van der Waals surface area (Å²) in [4.78, 5) is 11.5. The van der Waals surface area contributed by atoms with E-state index in [0.29, 0.717) is 16.8 Å². The number of carbonyl (C=O) groups excluding carboxylic acids is 1. The normalized spacial score (nSPS) is 11.3. The lowest BCUT2D eigenvalue weighted by atomic mass is 10.1. The van der Waals surface area contributed by atoms with Crippen LogP contribution >= 0.6 is 23.2 Å². The number of benzene rings is 1. The predicted octanol–water partition coefficient (Wildman–Crippen LogP) is 3.46. The topological polar surface area (TPSA) is 46.5 Å². The molecule has 16 heavy (non-hydrogen) atoms. The molecule has 0 fully saturated rings. The van der Waals surface area contributed by atoms with Crippen molar-refractivity contribution in [3.63, 3.8) is 0 Å². The van der Waals surface area contributed by atoms with E-state index in [1.807, 2.05) is 0 Å². The zero-order valence-electron chi connectivity index (χ0n) is 8.54. The van der Waals surface area contributed by atoms with Crippen LogP contribution in [0.15, 0.2) is 24.5 Å². The molecule has 86 valence electrons. The molecule has 3 nitrogen and oxygen atoms in total. The lowest BCUT2D eigenvalue weighted by molar-refractivity contribution is -0.136. The molecule has 0 unspecified atom stereocenters. The van der Waals surface area contributed by atoms with E-state index < -0.39 is 5.97 Å². The highest BCUT2D eigenvalue weighted by Crippen LogP contribution is 2.27. The van der Waals surface area contributed by atoms with Gasteiger partial charge in [-0.05, 0) is 19.1 Å². The Morgan fingerprint density at radius 3 is 2.69 bits per heavy atom. The molecule has 0 aliphatic rings. The van der Waals surface area contributed by atoms with Crippen molar-refractivity contribution >= 4 is 34.7 Å². The van der Waals surface area contributed by atoms with Crippen molar-refractivity contribution in [3.8, 4) is 0 Å². The first-order valence-electron chi connectivity index (χ1n) is 4.57. The molecule has 0 aliphatic carbocycles. The van der Waals surface area contributed by atoms with Gasteiger partial charge in [-0.2, -0.15) is 0 Å². The van der Waals surface area contributed by atoms with E-state index >= 15 is 0 Å². The number of aliphatic hydroxyl groups excluding tert-OH is 1. The third-order valence-corrected chi connectivity index (χ3v) is 2.39. The summed E-state index contributed by atoms with van der Waals surface area (Å²) >= 11 is 11.6. The lowest BCUT2D eigenvalue weighted by Crippen LogP contribution is -2.07. The van der Waals surface area contributed by atoms with Crippen LogP contribution in [0.25, 0.3) is 5.57 Å². The average Bonchev–Trinajstić information content (AvgIpc) is 2.22. The highest BCUT2D eigenvalue weighted by Gasteiger charge is 2.16. The Bertz CT molecular complexity index is 427. The Morgan fingerprint density at radius 1 is 1.50 bits per heavy atom. The van der Waals surface area contributed by atoms with Gasteiger partial charge in [0.2, 0.25) is 0 Å². The van der Waals surface area contributed by atoms with Crippen LogP contribution < -0.4 is 0 Å². The minimum atomic E-state index is -0.630. The molecule has 1 aromatic rings. The molecule has 0 atom stereocenters. The van der Waals surface area contributed by atoms with Crippen LogP contribution in [0.1, 0.15) is 12.5 Å². The maximum absolute atomic E-state index is 11.5. The van der Waals surface area contributed by atoms with Crippen molar-refractivity contribution in [2.45, 2.75) is 6.92 Å². The molecular weight excluding hydrogens is 251 g/mol. The lowest BCUT2D eigenvalue weighted by Gasteiger charge is -2.07. The van der Waals surface area contributed by atoms with Crippen molar-refractivity contribution in [3.05, 3.63) is 40.1 Å². The number of esters is 1. The molecule has 0 aliphatic heterocycles. The summed E-state index contributed by atoms with van der Waals surface area (Å²) in [7, 11) is 0. The van der Waals surface area contributed by atoms with E-state index in [-0.39, 0.29) is 17.2 Å². The van der Waals surface area contributed by atoms with Crippen LogP contribution in [0.4, 0.5) is 0 Å². The van der Waals surface area contributed by atoms with Gasteiger partial charge >= 0.3 is 5.97 Å². The van der Waals surface area contributed by atoms with Crippen LogP contribution in [0, 0.1) is 0 Å². The van der Waals surface area contributed by atoms with Gasteiger partial charge < -0.3 is 9.84 Å². The Balaban J connectivity index is 3.10. The molecule has 0 heterocycles. The van der Waals surface area contributed by atoms with Crippen LogP contribution in [0.2, 0.25) is 10.0 Å². The Kier molecular flexibility index (Phi) is 4.65. The fourth-order valence-corrected chi connectivity index (χ4v) is 1.66. The molecule has 0 spiro atoms. The second-order valence-electron chi connectivity index (χ2n) is 2.89. The Morgan fingerprint density at radius 2 is 2.19 bits per heavy atom.